The molecule has 0 bridgehead atoms. The summed E-state index contributed by atoms with van der Waals surface area (Å²) in [5, 5.41) is 17.7. The van der Waals surface area contributed by atoms with Gasteiger partial charge in [-0.3, -0.25) is 14.4 Å². The van der Waals surface area contributed by atoms with Gasteiger partial charge in [0.2, 0.25) is 0 Å². The lowest BCUT2D eigenvalue weighted by Crippen LogP contribution is -2.20. The van der Waals surface area contributed by atoms with Crippen molar-refractivity contribution >= 4 is 23.1 Å². The Kier molecular flexibility index (Phi) is 3.78. The number of carboxylic acid groups (broad SMARTS) is 2. The van der Waals surface area contributed by atoms with Crippen molar-refractivity contribution in [3.63, 3.8) is 0 Å². The molecule has 9 heteroatoms. The average molecular weight is 280 g/mol. The Labute approximate surface area is 111 Å². The van der Waals surface area contributed by atoms with Crippen LogP contribution in [0.3, 0.4) is 0 Å². The van der Waals surface area contributed by atoms with E-state index in [1.54, 1.807) is 0 Å². The zero-order valence-corrected chi connectivity index (χ0v) is 10.3. The van der Waals surface area contributed by atoms with Crippen molar-refractivity contribution in [2.75, 3.05) is 0 Å². The second-order valence-corrected chi connectivity index (χ2v) is 4.23. The fourth-order valence-corrected chi connectivity index (χ4v) is 1.86. The molecule has 0 saturated heterocycles. The Hall–Kier alpha value is -2.71. The van der Waals surface area contributed by atoms with Crippen molar-refractivity contribution in [2.24, 2.45) is 0 Å². The summed E-state index contributed by atoms with van der Waals surface area (Å²) >= 11 is 0. The van der Waals surface area contributed by atoms with Crippen LogP contribution in [0.4, 0.5) is 0 Å². The first-order chi connectivity index (χ1) is 9.49. The van der Waals surface area contributed by atoms with Crippen molar-refractivity contribution in [3.05, 3.63) is 22.5 Å². The van der Waals surface area contributed by atoms with Gasteiger partial charge in [0, 0.05) is 6.42 Å². The molecule has 1 unspecified atom stereocenters. The summed E-state index contributed by atoms with van der Waals surface area (Å²) in [6, 6.07) is 0. The van der Waals surface area contributed by atoms with E-state index in [1.165, 1.54) is 6.33 Å². The third kappa shape index (κ3) is 2.82. The maximum atomic E-state index is 11.7. The molecule has 0 aliphatic rings. The molecule has 2 rings (SSSR count). The van der Waals surface area contributed by atoms with E-state index in [0.717, 1.165) is 0 Å². The predicted molar refractivity (Wildman–Crippen MR) is 66.4 cm³/mol. The fraction of sp³-hybridized carbons (Fsp3) is 0.364. The van der Waals surface area contributed by atoms with E-state index in [0.29, 0.717) is 0 Å². The van der Waals surface area contributed by atoms with Gasteiger partial charge in [-0.05, 0) is 12.8 Å². The standard InChI is InChI=1S/C11H12N4O5/c16-6(17)3-1-2-5(11(19)20)8-14-9-7(10(18)15-8)12-4-13-9/h4-5H,1-3H2,(H,16,17)(H,19,20)(H2,12,13,14,15,18). The summed E-state index contributed by atoms with van der Waals surface area (Å²) in [5.41, 5.74) is -0.205. The zero-order chi connectivity index (χ0) is 14.7. The Bertz CT molecular complexity index is 704. The van der Waals surface area contributed by atoms with Crippen LogP contribution in [0.2, 0.25) is 0 Å². The zero-order valence-electron chi connectivity index (χ0n) is 10.3. The predicted octanol–water partition coefficient (Wildman–Crippen LogP) is 0.0693. The second-order valence-electron chi connectivity index (χ2n) is 4.23. The number of nitrogens with one attached hydrogen (secondary N) is 2. The van der Waals surface area contributed by atoms with Crippen LogP contribution in [0.15, 0.2) is 11.1 Å². The topological polar surface area (TPSA) is 149 Å². The highest BCUT2D eigenvalue weighted by Crippen LogP contribution is 2.19. The lowest BCUT2D eigenvalue weighted by Gasteiger charge is -2.10. The van der Waals surface area contributed by atoms with Gasteiger partial charge in [-0.1, -0.05) is 0 Å². The van der Waals surface area contributed by atoms with E-state index in [9.17, 15) is 14.4 Å². The lowest BCUT2D eigenvalue weighted by molar-refractivity contribution is -0.140. The molecule has 0 spiro atoms. The number of aromatic nitrogens is 4. The molecule has 0 saturated carbocycles. The second kappa shape index (κ2) is 5.51. The van der Waals surface area contributed by atoms with Crippen LogP contribution in [0.5, 0.6) is 0 Å². The molecular weight excluding hydrogens is 268 g/mol. The molecule has 9 nitrogen and oxygen atoms in total. The number of aliphatic carboxylic acids is 2. The first kappa shape index (κ1) is 13.7. The molecule has 106 valence electrons. The van der Waals surface area contributed by atoms with Crippen LogP contribution < -0.4 is 5.56 Å². The minimum absolute atomic E-state index is 0.0208. The largest absolute Gasteiger partial charge is 0.481 e. The van der Waals surface area contributed by atoms with Gasteiger partial charge in [0.15, 0.2) is 11.2 Å². The van der Waals surface area contributed by atoms with E-state index in [2.05, 4.69) is 19.9 Å². The summed E-state index contributed by atoms with van der Waals surface area (Å²) in [6.07, 6.45) is 1.39. The highest BCUT2D eigenvalue weighted by Gasteiger charge is 2.23. The van der Waals surface area contributed by atoms with Gasteiger partial charge in [0.05, 0.1) is 6.33 Å². The number of hydrogen-bond acceptors (Lipinski definition) is 5. The number of aromatic amines is 2. The van der Waals surface area contributed by atoms with Crippen LogP contribution in [-0.4, -0.2) is 42.1 Å². The molecule has 4 N–H and O–H groups in total. The van der Waals surface area contributed by atoms with Gasteiger partial charge in [0.25, 0.3) is 5.56 Å². The number of hydrogen-bond donors (Lipinski definition) is 4. The van der Waals surface area contributed by atoms with Crippen molar-refractivity contribution in [1.82, 2.24) is 19.9 Å². The third-order valence-corrected chi connectivity index (χ3v) is 2.83. The van der Waals surface area contributed by atoms with Crippen LogP contribution >= 0.6 is 0 Å². The Morgan fingerprint density at radius 1 is 1.35 bits per heavy atom. The van der Waals surface area contributed by atoms with E-state index in [1.807, 2.05) is 0 Å². The van der Waals surface area contributed by atoms with Crippen molar-refractivity contribution in [3.8, 4) is 0 Å². The molecule has 1 atom stereocenters. The number of rotatable bonds is 6. The van der Waals surface area contributed by atoms with Crippen molar-refractivity contribution < 1.29 is 19.8 Å². The maximum absolute atomic E-state index is 11.7. The number of nitrogens with zero attached hydrogens (tertiary/aromatic N) is 2. The molecule has 0 aliphatic heterocycles. The van der Waals surface area contributed by atoms with E-state index >= 15 is 0 Å². The van der Waals surface area contributed by atoms with Crippen LogP contribution in [0, 0.1) is 0 Å². The first-order valence-corrected chi connectivity index (χ1v) is 5.87. The molecule has 2 aromatic heterocycles. The molecule has 2 aromatic rings. The van der Waals surface area contributed by atoms with Gasteiger partial charge < -0.3 is 20.2 Å². The molecular formula is C11H12N4O5. The van der Waals surface area contributed by atoms with Gasteiger partial charge in [-0.15, -0.1) is 0 Å². The molecule has 0 radical (unpaired) electrons. The van der Waals surface area contributed by atoms with E-state index in [4.69, 9.17) is 10.2 Å². The van der Waals surface area contributed by atoms with Crippen LogP contribution in [0.1, 0.15) is 31.0 Å². The summed E-state index contributed by atoms with van der Waals surface area (Å²) in [7, 11) is 0. The third-order valence-electron chi connectivity index (χ3n) is 2.83. The Balaban J connectivity index is 2.29. The minimum atomic E-state index is -1.17. The number of carboxylic acids is 2. The van der Waals surface area contributed by atoms with Crippen LogP contribution in [-0.2, 0) is 9.59 Å². The van der Waals surface area contributed by atoms with Gasteiger partial charge >= 0.3 is 11.9 Å². The van der Waals surface area contributed by atoms with Gasteiger partial charge in [-0.2, -0.15) is 0 Å². The maximum Gasteiger partial charge on any atom is 0.314 e. The smallest absolute Gasteiger partial charge is 0.314 e. The Morgan fingerprint density at radius 2 is 2.10 bits per heavy atom. The van der Waals surface area contributed by atoms with E-state index < -0.39 is 23.4 Å². The highest BCUT2D eigenvalue weighted by atomic mass is 16.4. The van der Waals surface area contributed by atoms with Crippen molar-refractivity contribution in [1.29, 1.82) is 0 Å². The van der Waals surface area contributed by atoms with Gasteiger partial charge in [0.1, 0.15) is 11.7 Å². The lowest BCUT2D eigenvalue weighted by atomic mass is 10.0. The summed E-state index contributed by atoms with van der Waals surface area (Å²) in [6.45, 7) is 0. The molecule has 0 amide bonds. The molecule has 0 aromatic carbocycles. The van der Waals surface area contributed by atoms with Crippen molar-refractivity contribution in [2.45, 2.75) is 25.2 Å². The van der Waals surface area contributed by atoms with Crippen LogP contribution in [0.25, 0.3) is 11.2 Å². The monoisotopic (exact) mass is 280 g/mol. The number of imidazole rings is 1. The normalized spacial score (nSPS) is 12.4. The molecule has 0 aliphatic carbocycles. The number of carbonyl (C=O) groups is 2. The number of fused-ring (bicyclic) bond motifs is 1. The Morgan fingerprint density at radius 3 is 2.75 bits per heavy atom. The highest BCUT2D eigenvalue weighted by molar-refractivity contribution is 5.76. The van der Waals surface area contributed by atoms with Gasteiger partial charge in [-0.25, -0.2) is 9.97 Å². The quantitative estimate of drug-likeness (QED) is 0.584. The first-order valence-electron chi connectivity index (χ1n) is 5.87. The summed E-state index contributed by atoms with van der Waals surface area (Å²) in [4.78, 5) is 46.2. The SMILES string of the molecule is O=C(O)CCCC(C(=O)O)c1nc2nc[nH]c2c(=O)[nH]1. The van der Waals surface area contributed by atoms with E-state index in [-0.39, 0.29) is 36.3 Å². The molecule has 0 fully saturated rings. The molecule has 20 heavy (non-hydrogen) atoms. The molecule has 2 heterocycles. The fourth-order valence-electron chi connectivity index (χ4n) is 1.86. The summed E-state index contributed by atoms with van der Waals surface area (Å²) in [5.74, 6) is -3.26. The average Bonchev–Trinajstić information content (AvgIpc) is 2.82. The number of H-pyrrole nitrogens is 2. The summed E-state index contributed by atoms with van der Waals surface area (Å²) < 4.78 is 0. The minimum Gasteiger partial charge on any atom is -0.481 e.